The van der Waals surface area contributed by atoms with Crippen LogP contribution in [0.3, 0.4) is 0 Å². The van der Waals surface area contributed by atoms with Gasteiger partial charge >= 0.3 is 11.9 Å². The third-order valence-corrected chi connectivity index (χ3v) is 7.42. The molecular weight excluding hydrogens is 512 g/mol. The molecule has 40 heavy (non-hydrogen) atoms. The summed E-state index contributed by atoms with van der Waals surface area (Å²) in [6.07, 6.45) is 11.1. The van der Waals surface area contributed by atoms with Crippen LogP contribution in [0.4, 0.5) is 0 Å². The van der Waals surface area contributed by atoms with Crippen LogP contribution in [0.1, 0.15) is 131 Å². The lowest BCUT2D eigenvalue weighted by Gasteiger charge is -2.24. The Kier molecular flexibility index (Phi) is 22.3. The fraction of sp³-hybridized carbons (Fsp3) is 0.871. The Hall–Kier alpha value is -2.16. The van der Waals surface area contributed by atoms with Crippen LogP contribution in [0.25, 0.3) is 0 Å². The van der Waals surface area contributed by atoms with Crippen molar-refractivity contribution < 1.29 is 33.8 Å². The van der Waals surface area contributed by atoms with Crippen LogP contribution in [-0.4, -0.2) is 60.3 Å². The maximum absolute atomic E-state index is 12.7. The van der Waals surface area contributed by atoms with Crippen molar-refractivity contribution in [2.75, 3.05) is 13.2 Å². The van der Waals surface area contributed by atoms with E-state index in [1.807, 2.05) is 27.7 Å². The van der Waals surface area contributed by atoms with Crippen molar-refractivity contribution in [2.24, 2.45) is 11.8 Å². The molecule has 9 nitrogen and oxygen atoms in total. The Morgan fingerprint density at radius 1 is 0.600 bits per heavy atom. The van der Waals surface area contributed by atoms with Gasteiger partial charge in [0.05, 0.1) is 0 Å². The molecule has 0 bridgehead atoms. The highest BCUT2D eigenvalue weighted by Crippen LogP contribution is 2.13. The number of unbranched alkanes of at least 4 members (excludes halogenated alkanes) is 8. The molecule has 0 aromatic carbocycles. The first-order chi connectivity index (χ1) is 19.1. The topological polar surface area (TPSA) is 131 Å². The molecule has 234 valence electrons. The van der Waals surface area contributed by atoms with Crippen LogP contribution in [0, 0.1) is 11.8 Å². The summed E-state index contributed by atoms with van der Waals surface area (Å²) >= 11 is 0. The number of hydrogen-bond donors (Lipinski definition) is 3. The number of amides is 2. The molecule has 0 heterocycles. The standard InChI is InChI=1S/C31H58N2O7/c1-7-11-13-15-17-19-26(35)32-28(23(5)9-3)30(37)39-21-25(34)22-40-31(38)29(24(6)10-4)33-27(36)20-18-16-14-12-8-2/h23-25,28-29,34H,7-22H2,1-6H3,(H,32,35)(H,33,36)/t23-,24-,28-,29-/m0/s1. The maximum Gasteiger partial charge on any atom is 0.329 e. The van der Waals surface area contributed by atoms with Gasteiger partial charge in [-0.1, -0.05) is 106 Å². The average Bonchev–Trinajstić information content (AvgIpc) is 2.94. The van der Waals surface area contributed by atoms with Crippen LogP contribution < -0.4 is 10.6 Å². The molecule has 3 N–H and O–H groups in total. The summed E-state index contributed by atoms with van der Waals surface area (Å²) in [4.78, 5) is 50.3. The predicted molar refractivity (Wildman–Crippen MR) is 157 cm³/mol. The minimum Gasteiger partial charge on any atom is -0.461 e. The molecular formula is C31H58N2O7. The predicted octanol–water partition coefficient (Wildman–Crippen LogP) is 5.22. The SMILES string of the molecule is CCCCCCCC(=O)N[C@H](C(=O)OCC(O)COC(=O)[C@@H](NC(=O)CCCCCCC)[C@@H](C)CC)[C@@H](C)CC. The summed E-state index contributed by atoms with van der Waals surface area (Å²) < 4.78 is 10.6. The molecule has 0 radical (unpaired) electrons. The minimum atomic E-state index is -1.23. The van der Waals surface area contributed by atoms with Crippen molar-refractivity contribution in [2.45, 2.75) is 150 Å². The number of aliphatic hydroxyl groups excluding tert-OH is 1. The molecule has 0 saturated carbocycles. The number of esters is 2. The zero-order valence-electron chi connectivity index (χ0n) is 26.1. The van der Waals surface area contributed by atoms with Gasteiger partial charge in [0.2, 0.25) is 11.8 Å². The number of rotatable bonds is 24. The summed E-state index contributed by atoms with van der Waals surface area (Å²) in [7, 11) is 0. The molecule has 0 aromatic rings. The molecule has 0 aromatic heterocycles. The Morgan fingerprint density at radius 2 is 0.950 bits per heavy atom. The Balaban J connectivity index is 4.72. The molecule has 2 amide bonds. The van der Waals surface area contributed by atoms with E-state index < -0.39 is 30.1 Å². The molecule has 0 aliphatic carbocycles. The first kappa shape index (κ1) is 37.8. The highest BCUT2D eigenvalue weighted by molar-refractivity contribution is 5.85. The van der Waals surface area contributed by atoms with Gasteiger partial charge in [0, 0.05) is 12.8 Å². The highest BCUT2D eigenvalue weighted by Gasteiger charge is 2.30. The largest absolute Gasteiger partial charge is 0.461 e. The smallest absolute Gasteiger partial charge is 0.329 e. The van der Waals surface area contributed by atoms with Gasteiger partial charge in [0.1, 0.15) is 31.4 Å². The first-order valence-electron chi connectivity index (χ1n) is 15.7. The molecule has 0 aliphatic heterocycles. The number of carbonyl (C=O) groups is 4. The number of carbonyl (C=O) groups excluding carboxylic acids is 4. The van der Waals surface area contributed by atoms with Gasteiger partial charge in [0.25, 0.3) is 0 Å². The fourth-order valence-corrected chi connectivity index (χ4v) is 4.19. The van der Waals surface area contributed by atoms with Gasteiger partial charge in [-0.2, -0.15) is 0 Å². The van der Waals surface area contributed by atoms with E-state index >= 15 is 0 Å². The number of ether oxygens (including phenoxy) is 2. The second-order valence-electron chi connectivity index (χ2n) is 11.1. The van der Waals surface area contributed by atoms with Gasteiger partial charge in [-0.15, -0.1) is 0 Å². The molecule has 0 rings (SSSR count). The van der Waals surface area contributed by atoms with Crippen molar-refractivity contribution in [3.63, 3.8) is 0 Å². The summed E-state index contributed by atoms with van der Waals surface area (Å²) in [6, 6.07) is -1.62. The van der Waals surface area contributed by atoms with Gasteiger partial charge in [-0.25, -0.2) is 9.59 Å². The van der Waals surface area contributed by atoms with Crippen molar-refractivity contribution >= 4 is 23.8 Å². The van der Waals surface area contributed by atoms with Gasteiger partial charge in [-0.05, 0) is 24.7 Å². The Labute approximate surface area is 242 Å². The van der Waals surface area contributed by atoms with E-state index in [-0.39, 0.29) is 36.9 Å². The monoisotopic (exact) mass is 570 g/mol. The average molecular weight is 571 g/mol. The van der Waals surface area contributed by atoms with E-state index in [0.717, 1.165) is 64.2 Å². The van der Waals surface area contributed by atoms with Crippen LogP contribution in [0.15, 0.2) is 0 Å². The van der Waals surface area contributed by atoms with Crippen molar-refractivity contribution in [1.29, 1.82) is 0 Å². The Bertz CT molecular complexity index is 658. The molecule has 0 aliphatic rings. The van der Waals surface area contributed by atoms with E-state index in [4.69, 9.17) is 9.47 Å². The van der Waals surface area contributed by atoms with E-state index in [2.05, 4.69) is 24.5 Å². The number of hydrogen-bond acceptors (Lipinski definition) is 7. The molecule has 0 unspecified atom stereocenters. The fourth-order valence-electron chi connectivity index (χ4n) is 4.19. The molecule has 0 fully saturated rings. The van der Waals surface area contributed by atoms with Crippen LogP contribution in [-0.2, 0) is 28.7 Å². The summed E-state index contributed by atoms with van der Waals surface area (Å²) in [5.41, 5.74) is 0. The lowest BCUT2D eigenvalue weighted by molar-refractivity contribution is -0.158. The third-order valence-electron chi connectivity index (χ3n) is 7.42. The molecule has 0 spiro atoms. The summed E-state index contributed by atoms with van der Waals surface area (Å²) in [6.45, 7) is 11.1. The van der Waals surface area contributed by atoms with Crippen LogP contribution >= 0.6 is 0 Å². The maximum atomic E-state index is 12.7. The zero-order valence-corrected chi connectivity index (χ0v) is 26.1. The van der Waals surface area contributed by atoms with E-state index in [1.165, 1.54) is 0 Å². The second kappa shape index (κ2) is 23.5. The van der Waals surface area contributed by atoms with Gasteiger partial charge < -0.3 is 25.2 Å². The van der Waals surface area contributed by atoms with Gasteiger partial charge in [0.15, 0.2) is 0 Å². The molecule has 4 atom stereocenters. The first-order valence-corrected chi connectivity index (χ1v) is 15.7. The zero-order chi connectivity index (χ0) is 30.3. The summed E-state index contributed by atoms with van der Waals surface area (Å²) in [5.74, 6) is -1.90. The quantitative estimate of drug-likeness (QED) is 0.107. The summed E-state index contributed by atoms with van der Waals surface area (Å²) in [5, 5.41) is 15.9. The Morgan fingerprint density at radius 3 is 1.27 bits per heavy atom. The van der Waals surface area contributed by atoms with E-state index in [0.29, 0.717) is 25.7 Å². The molecule has 9 heteroatoms. The van der Waals surface area contributed by atoms with Gasteiger partial charge in [-0.3, -0.25) is 9.59 Å². The lowest BCUT2D eigenvalue weighted by Crippen LogP contribution is -2.47. The normalized spacial score (nSPS) is 14.2. The van der Waals surface area contributed by atoms with Crippen molar-refractivity contribution in [1.82, 2.24) is 10.6 Å². The van der Waals surface area contributed by atoms with Crippen LogP contribution in [0.5, 0.6) is 0 Å². The number of aliphatic hydroxyl groups is 1. The highest BCUT2D eigenvalue weighted by atomic mass is 16.6. The second-order valence-corrected chi connectivity index (χ2v) is 11.1. The van der Waals surface area contributed by atoms with Crippen molar-refractivity contribution in [3.8, 4) is 0 Å². The van der Waals surface area contributed by atoms with Crippen molar-refractivity contribution in [3.05, 3.63) is 0 Å². The lowest BCUT2D eigenvalue weighted by atomic mass is 9.98. The van der Waals surface area contributed by atoms with E-state index in [9.17, 15) is 24.3 Å². The number of nitrogens with one attached hydrogen (secondary N) is 2. The molecule has 0 saturated heterocycles. The third kappa shape index (κ3) is 17.5. The van der Waals surface area contributed by atoms with Crippen LogP contribution in [0.2, 0.25) is 0 Å². The minimum absolute atomic E-state index is 0.141. The van der Waals surface area contributed by atoms with E-state index in [1.54, 1.807) is 0 Å².